The molecule has 0 amide bonds. The van der Waals surface area contributed by atoms with Crippen molar-refractivity contribution in [3.8, 4) is 0 Å². The molecule has 1 saturated heterocycles. The molecule has 1 aliphatic carbocycles. The van der Waals surface area contributed by atoms with Crippen molar-refractivity contribution in [2.75, 3.05) is 6.61 Å². The van der Waals surface area contributed by atoms with E-state index in [-0.39, 0.29) is 0 Å². The van der Waals surface area contributed by atoms with E-state index in [9.17, 15) is 10.2 Å². The topological polar surface area (TPSA) is 49.7 Å². The molecular weight excluding hydrogens is 168 g/mol. The van der Waals surface area contributed by atoms with Crippen LogP contribution >= 0.6 is 0 Å². The van der Waals surface area contributed by atoms with E-state index in [0.29, 0.717) is 18.6 Å². The minimum atomic E-state index is -1.04. The Morgan fingerprint density at radius 2 is 2.38 bits per heavy atom. The molecule has 72 valence electrons. The molecule has 1 fully saturated rings. The fourth-order valence-electron chi connectivity index (χ4n) is 1.94. The van der Waals surface area contributed by atoms with Gasteiger partial charge in [-0.05, 0) is 18.1 Å². The molecule has 0 unspecified atom stereocenters. The van der Waals surface area contributed by atoms with Crippen molar-refractivity contribution in [3.63, 3.8) is 0 Å². The van der Waals surface area contributed by atoms with E-state index in [1.165, 1.54) is 0 Å². The predicted molar refractivity (Wildman–Crippen MR) is 48.2 cm³/mol. The Morgan fingerprint density at radius 3 is 3.08 bits per heavy atom. The first-order chi connectivity index (χ1) is 6.05. The predicted octanol–water partition coefficient (Wildman–Crippen LogP) is 0.383. The molecule has 0 spiro atoms. The van der Waals surface area contributed by atoms with Gasteiger partial charge >= 0.3 is 0 Å². The Morgan fingerprint density at radius 1 is 1.69 bits per heavy atom. The van der Waals surface area contributed by atoms with Crippen molar-refractivity contribution in [2.45, 2.75) is 31.2 Å². The molecule has 3 nitrogen and oxygen atoms in total. The lowest BCUT2D eigenvalue weighted by atomic mass is 9.79. The maximum atomic E-state index is 10.1. The SMILES string of the molecule is C=C1CO[C@@H]2[C@H](O)C(C)=CC[C@]12O. The lowest BCUT2D eigenvalue weighted by molar-refractivity contribution is -0.0843. The molecule has 1 heterocycles. The molecule has 2 rings (SSSR count). The fraction of sp³-hybridized carbons (Fsp3) is 0.600. The Balaban J connectivity index is 2.37. The zero-order chi connectivity index (χ0) is 9.64. The van der Waals surface area contributed by atoms with Crippen molar-refractivity contribution in [3.05, 3.63) is 23.8 Å². The van der Waals surface area contributed by atoms with Gasteiger partial charge in [-0.1, -0.05) is 12.7 Å². The van der Waals surface area contributed by atoms with Crippen LogP contribution in [0.1, 0.15) is 13.3 Å². The van der Waals surface area contributed by atoms with Crippen LogP contribution in [0.15, 0.2) is 23.8 Å². The van der Waals surface area contributed by atoms with Crippen LogP contribution in [0, 0.1) is 0 Å². The fourth-order valence-corrected chi connectivity index (χ4v) is 1.94. The molecule has 0 aromatic heterocycles. The number of hydrogen-bond donors (Lipinski definition) is 2. The second-order valence-electron chi connectivity index (χ2n) is 3.86. The quantitative estimate of drug-likeness (QED) is 0.533. The van der Waals surface area contributed by atoms with Gasteiger partial charge < -0.3 is 14.9 Å². The summed E-state index contributed by atoms with van der Waals surface area (Å²) in [5.74, 6) is 0. The lowest BCUT2D eigenvalue weighted by Gasteiger charge is -2.35. The van der Waals surface area contributed by atoms with Gasteiger partial charge in [-0.25, -0.2) is 0 Å². The zero-order valence-corrected chi connectivity index (χ0v) is 7.66. The van der Waals surface area contributed by atoms with Gasteiger partial charge in [0.05, 0.1) is 6.61 Å². The molecule has 13 heavy (non-hydrogen) atoms. The first-order valence-electron chi connectivity index (χ1n) is 4.42. The number of ether oxygens (including phenoxy) is 1. The van der Waals surface area contributed by atoms with Crippen LogP contribution in [0.5, 0.6) is 0 Å². The highest BCUT2D eigenvalue weighted by atomic mass is 16.5. The van der Waals surface area contributed by atoms with E-state index in [1.54, 1.807) is 0 Å². The van der Waals surface area contributed by atoms with Crippen LogP contribution in [-0.2, 0) is 4.74 Å². The second-order valence-corrected chi connectivity index (χ2v) is 3.86. The highest BCUT2D eigenvalue weighted by Gasteiger charge is 2.50. The molecule has 0 bridgehead atoms. The standard InChI is InChI=1S/C10H14O3/c1-6-3-4-10(12)7(2)5-13-9(10)8(6)11/h3,8-9,11-12H,2,4-5H2,1H3/t8-,9-,10+/m1/s1. The monoisotopic (exact) mass is 182 g/mol. The van der Waals surface area contributed by atoms with Crippen molar-refractivity contribution >= 4 is 0 Å². The molecular formula is C10H14O3. The summed E-state index contributed by atoms with van der Waals surface area (Å²) in [6, 6.07) is 0. The number of hydrogen-bond acceptors (Lipinski definition) is 3. The normalized spacial score (nSPS) is 44.5. The Kier molecular flexibility index (Phi) is 1.84. The molecule has 3 heteroatoms. The third kappa shape index (κ3) is 1.08. The van der Waals surface area contributed by atoms with E-state index in [0.717, 1.165) is 5.57 Å². The van der Waals surface area contributed by atoms with Gasteiger partial charge in [0.15, 0.2) is 0 Å². The van der Waals surface area contributed by atoms with Gasteiger partial charge in [-0.2, -0.15) is 0 Å². The summed E-state index contributed by atoms with van der Waals surface area (Å²) >= 11 is 0. The summed E-state index contributed by atoms with van der Waals surface area (Å²) in [5, 5.41) is 19.9. The van der Waals surface area contributed by atoms with Gasteiger partial charge in [-0.15, -0.1) is 0 Å². The van der Waals surface area contributed by atoms with Gasteiger partial charge in [0.25, 0.3) is 0 Å². The maximum Gasteiger partial charge on any atom is 0.120 e. The minimum absolute atomic E-state index is 0.347. The van der Waals surface area contributed by atoms with Crippen molar-refractivity contribution in [1.29, 1.82) is 0 Å². The van der Waals surface area contributed by atoms with E-state index in [4.69, 9.17) is 4.74 Å². The molecule has 1 aliphatic heterocycles. The first-order valence-corrected chi connectivity index (χ1v) is 4.42. The summed E-state index contributed by atoms with van der Waals surface area (Å²) in [4.78, 5) is 0. The van der Waals surface area contributed by atoms with E-state index < -0.39 is 17.8 Å². The molecule has 3 atom stereocenters. The zero-order valence-electron chi connectivity index (χ0n) is 7.66. The maximum absolute atomic E-state index is 10.1. The van der Waals surface area contributed by atoms with Crippen LogP contribution in [0.2, 0.25) is 0 Å². The van der Waals surface area contributed by atoms with Crippen LogP contribution in [0.25, 0.3) is 0 Å². The average molecular weight is 182 g/mol. The van der Waals surface area contributed by atoms with Crippen molar-refractivity contribution in [1.82, 2.24) is 0 Å². The Bertz CT molecular complexity index is 282. The molecule has 2 N–H and O–H groups in total. The van der Waals surface area contributed by atoms with Crippen molar-refractivity contribution in [2.24, 2.45) is 0 Å². The highest BCUT2D eigenvalue weighted by molar-refractivity contribution is 5.31. The number of rotatable bonds is 0. The largest absolute Gasteiger partial charge is 0.386 e. The van der Waals surface area contributed by atoms with Crippen molar-refractivity contribution < 1.29 is 14.9 Å². The first kappa shape index (κ1) is 8.94. The number of aliphatic hydroxyl groups excluding tert-OH is 1. The smallest absolute Gasteiger partial charge is 0.120 e. The molecule has 0 radical (unpaired) electrons. The summed E-state index contributed by atoms with van der Waals surface area (Å²) in [6.45, 7) is 5.94. The van der Waals surface area contributed by atoms with E-state index >= 15 is 0 Å². The average Bonchev–Trinajstić information content (AvgIpc) is 2.39. The molecule has 2 aliphatic rings. The van der Waals surface area contributed by atoms with Crippen LogP contribution in [0.4, 0.5) is 0 Å². The summed E-state index contributed by atoms with van der Waals surface area (Å²) < 4.78 is 5.31. The third-order valence-electron chi connectivity index (χ3n) is 3.01. The third-order valence-corrected chi connectivity index (χ3v) is 3.01. The lowest BCUT2D eigenvalue weighted by Crippen LogP contribution is -2.49. The molecule has 0 aromatic carbocycles. The van der Waals surface area contributed by atoms with Gasteiger partial charge in [0.2, 0.25) is 0 Å². The summed E-state index contributed by atoms with van der Waals surface area (Å²) in [5.41, 5.74) is 0.489. The van der Waals surface area contributed by atoms with Gasteiger partial charge in [-0.3, -0.25) is 0 Å². The molecule has 0 aromatic rings. The van der Waals surface area contributed by atoms with E-state index in [1.807, 2.05) is 13.0 Å². The van der Waals surface area contributed by atoms with Gasteiger partial charge in [0.1, 0.15) is 17.8 Å². The second kappa shape index (κ2) is 2.67. The Hall–Kier alpha value is -0.640. The summed E-state index contributed by atoms with van der Waals surface area (Å²) in [7, 11) is 0. The number of fused-ring (bicyclic) bond motifs is 1. The summed E-state index contributed by atoms with van der Waals surface area (Å²) in [6.07, 6.45) is 1.13. The highest BCUT2D eigenvalue weighted by Crippen LogP contribution is 2.40. The van der Waals surface area contributed by atoms with Crippen LogP contribution in [-0.4, -0.2) is 34.6 Å². The van der Waals surface area contributed by atoms with Gasteiger partial charge in [0, 0.05) is 6.42 Å². The van der Waals surface area contributed by atoms with E-state index in [2.05, 4.69) is 6.58 Å². The minimum Gasteiger partial charge on any atom is -0.386 e. The van der Waals surface area contributed by atoms with Crippen LogP contribution < -0.4 is 0 Å². The number of aliphatic hydroxyl groups is 2. The van der Waals surface area contributed by atoms with Crippen LogP contribution in [0.3, 0.4) is 0 Å². The Labute approximate surface area is 77.3 Å². The molecule has 0 saturated carbocycles.